The van der Waals surface area contributed by atoms with Crippen LogP contribution in [0.15, 0.2) is 0 Å². The van der Waals surface area contributed by atoms with Gasteiger partial charge in [-0.2, -0.15) is 0 Å². The second-order valence-corrected chi connectivity index (χ2v) is 6.16. The van der Waals surface area contributed by atoms with Crippen LogP contribution >= 0.6 is 0 Å². The summed E-state index contributed by atoms with van der Waals surface area (Å²) in [4.78, 5) is 13.6. The van der Waals surface area contributed by atoms with Gasteiger partial charge in [0, 0.05) is 33.4 Å². The zero-order valence-electron chi connectivity index (χ0n) is 11.6. The zero-order valence-corrected chi connectivity index (χ0v) is 11.6. The van der Waals surface area contributed by atoms with Crippen molar-refractivity contribution in [1.29, 1.82) is 0 Å². The molecule has 4 heteroatoms. The Balaban J connectivity index is 2.26. The number of urea groups is 1. The van der Waals surface area contributed by atoms with E-state index in [2.05, 4.69) is 26.1 Å². The number of carbonyl (C=O) groups is 1. The predicted octanol–water partition coefficient (Wildman–Crippen LogP) is 2.10. The first kappa shape index (κ1) is 14.3. The van der Waals surface area contributed by atoms with Crippen LogP contribution in [0.5, 0.6) is 0 Å². The van der Waals surface area contributed by atoms with Crippen molar-refractivity contribution in [2.24, 2.45) is 11.3 Å². The van der Waals surface area contributed by atoms with Gasteiger partial charge in [-0.1, -0.05) is 20.8 Å². The van der Waals surface area contributed by atoms with E-state index >= 15 is 0 Å². The molecule has 17 heavy (non-hydrogen) atoms. The molecule has 0 spiro atoms. The number of nitrogens with zero attached hydrogens (tertiary/aromatic N) is 1. The molecule has 2 amide bonds. The van der Waals surface area contributed by atoms with E-state index in [1.54, 1.807) is 4.90 Å². The molecule has 0 bridgehead atoms. The lowest BCUT2D eigenvalue weighted by atomic mass is 9.97. The van der Waals surface area contributed by atoms with E-state index < -0.39 is 0 Å². The maximum atomic E-state index is 11.8. The Bertz CT molecular complexity index is 242. The van der Waals surface area contributed by atoms with Gasteiger partial charge in [0.15, 0.2) is 0 Å². The molecule has 4 nitrogen and oxygen atoms in total. The van der Waals surface area contributed by atoms with Gasteiger partial charge in [0.25, 0.3) is 0 Å². The highest BCUT2D eigenvalue weighted by Crippen LogP contribution is 2.15. The summed E-state index contributed by atoms with van der Waals surface area (Å²) in [5.74, 6) is 0.592. The van der Waals surface area contributed by atoms with Crippen molar-refractivity contribution in [3.63, 3.8) is 0 Å². The van der Waals surface area contributed by atoms with Crippen molar-refractivity contribution in [2.75, 3.05) is 33.4 Å². The number of rotatable bonds is 3. The molecule has 1 rings (SSSR count). The van der Waals surface area contributed by atoms with E-state index in [0.717, 1.165) is 32.6 Å². The summed E-state index contributed by atoms with van der Waals surface area (Å²) in [7, 11) is 1.87. The third-order valence-electron chi connectivity index (χ3n) is 2.99. The first-order valence-electron chi connectivity index (χ1n) is 6.45. The van der Waals surface area contributed by atoms with Crippen LogP contribution in [-0.4, -0.2) is 44.3 Å². The molecule has 1 N–H and O–H groups in total. The van der Waals surface area contributed by atoms with Crippen LogP contribution < -0.4 is 5.32 Å². The third-order valence-corrected chi connectivity index (χ3v) is 2.99. The Labute approximate surface area is 105 Å². The molecule has 0 aromatic carbocycles. The summed E-state index contributed by atoms with van der Waals surface area (Å²) in [5.41, 5.74) is 0.134. The number of hydrogen-bond donors (Lipinski definition) is 1. The Morgan fingerprint density at radius 2 is 1.94 bits per heavy atom. The Morgan fingerprint density at radius 3 is 2.47 bits per heavy atom. The van der Waals surface area contributed by atoms with Crippen LogP contribution in [0, 0.1) is 11.3 Å². The lowest BCUT2D eigenvalue weighted by molar-refractivity contribution is 0.0585. The van der Waals surface area contributed by atoms with E-state index in [-0.39, 0.29) is 11.4 Å². The summed E-state index contributed by atoms with van der Waals surface area (Å²) >= 11 is 0. The zero-order chi connectivity index (χ0) is 12.9. The molecular weight excluding hydrogens is 216 g/mol. The molecule has 1 fully saturated rings. The molecule has 0 aromatic heterocycles. The maximum Gasteiger partial charge on any atom is 0.317 e. The minimum atomic E-state index is 0.0337. The van der Waals surface area contributed by atoms with Gasteiger partial charge in [0.1, 0.15) is 0 Å². The first-order chi connectivity index (χ1) is 7.88. The highest BCUT2D eigenvalue weighted by Gasteiger charge is 2.19. The molecule has 1 saturated heterocycles. The quantitative estimate of drug-likeness (QED) is 0.823. The molecular formula is C13H26N2O2. The molecule has 0 radical (unpaired) electrons. The van der Waals surface area contributed by atoms with Crippen LogP contribution in [0.25, 0.3) is 0 Å². The number of amides is 2. The Hall–Kier alpha value is -0.770. The molecule has 1 aliphatic rings. The Morgan fingerprint density at radius 1 is 1.35 bits per heavy atom. The maximum absolute atomic E-state index is 11.8. The minimum absolute atomic E-state index is 0.0337. The molecule has 0 aliphatic carbocycles. The van der Waals surface area contributed by atoms with Crippen molar-refractivity contribution >= 4 is 6.03 Å². The largest absolute Gasteiger partial charge is 0.381 e. The first-order valence-corrected chi connectivity index (χ1v) is 6.45. The van der Waals surface area contributed by atoms with Gasteiger partial charge in [-0.25, -0.2) is 4.79 Å². The van der Waals surface area contributed by atoms with E-state index in [0.29, 0.717) is 12.5 Å². The van der Waals surface area contributed by atoms with E-state index in [1.807, 2.05) is 7.05 Å². The van der Waals surface area contributed by atoms with Gasteiger partial charge in [-0.05, 0) is 24.2 Å². The van der Waals surface area contributed by atoms with E-state index in [9.17, 15) is 4.79 Å². The van der Waals surface area contributed by atoms with Crippen molar-refractivity contribution in [1.82, 2.24) is 10.2 Å². The van der Waals surface area contributed by atoms with E-state index in [1.165, 1.54) is 0 Å². The van der Waals surface area contributed by atoms with Crippen molar-refractivity contribution in [3.8, 4) is 0 Å². The SMILES string of the molecule is CN(CC1CCOCC1)C(=O)NCC(C)(C)C. The van der Waals surface area contributed by atoms with Crippen molar-refractivity contribution in [3.05, 3.63) is 0 Å². The van der Waals surface area contributed by atoms with Gasteiger partial charge in [-0.15, -0.1) is 0 Å². The summed E-state index contributed by atoms with van der Waals surface area (Å²) in [6, 6.07) is 0.0337. The topological polar surface area (TPSA) is 41.6 Å². The molecule has 0 atom stereocenters. The summed E-state index contributed by atoms with van der Waals surface area (Å²) in [6.45, 7) is 9.57. The van der Waals surface area contributed by atoms with Crippen LogP contribution in [0.3, 0.4) is 0 Å². The Kier molecular flexibility index (Phi) is 5.25. The average Bonchev–Trinajstić information content (AvgIpc) is 2.26. The molecule has 100 valence electrons. The van der Waals surface area contributed by atoms with Crippen LogP contribution in [0.4, 0.5) is 4.79 Å². The summed E-state index contributed by atoms with van der Waals surface area (Å²) in [5, 5.41) is 2.97. The molecule has 0 aromatic rings. The molecule has 0 saturated carbocycles. The number of nitrogens with one attached hydrogen (secondary N) is 1. The monoisotopic (exact) mass is 242 g/mol. The molecule has 1 aliphatic heterocycles. The fourth-order valence-corrected chi connectivity index (χ4v) is 1.87. The third kappa shape index (κ3) is 5.91. The summed E-state index contributed by atoms with van der Waals surface area (Å²) in [6.07, 6.45) is 2.13. The van der Waals surface area contributed by atoms with Crippen LogP contribution in [0.2, 0.25) is 0 Å². The minimum Gasteiger partial charge on any atom is -0.381 e. The van der Waals surface area contributed by atoms with Gasteiger partial charge < -0.3 is 15.0 Å². The van der Waals surface area contributed by atoms with Gasteiger partial charge in [-0.3, -0.25) is 0 Å². The molecule has 1 heterocycles. The fraction of sp³-hybridized carbons (Fsp3) is 0.923. The normalized spacial score (nSPS) is 17.9. The van der Waals surface area contributed by atoms with Crippen LogP contribution in [0.1, 0.15) is 33.6 Å². The van der Waals surface area contributed by atoms with Gasteiger partial charge >= 0.3 is 6.03 Å². The number of hydrogen-bond acceptors (Lipinski definition) is 2. The van der Waals surface area contributed by atoms with Crippen molar-refractivity contribution in [2.45, 2.75) is 33.6 Å². The lowest BCUT2D eigenvalue weighted by Gasteiger charge is -2.28. The average molecular weight is 242 g/mol. The lowest BCUT2D eigenvalue weighted by Crippen LogP contribution is -2.43. The smallest absolute Gasteiger partial charge is 0.317 e. The molecule has 0 unspecified atom stereocenters. The van der Waals surface area contributed by atoms with Crippen LogP contribution in [-0.2, 0) is 4.74 Å². The highest BCUT2D eigenvalue weighted by atomic mass is 16.5. The number of carbonyl (C=O) groups excluding carboxylic acids is 1. The fourth-order valence-electron chi connectivity index (χ4n) is 1.87. The standard InChI is InChI=1S/C13H26N2O2/c1-13(2,3)10-14-12(16)15(4)9-11-5-7-17-8-6-11/h11H,5-10H2,1-4H3,(H,14,16). The van der Waals surface area contributed by atoms with E-state index in [4.69, 9.17) is 4.74 Å². The highest BCUT2D eigenvalue weighted by molar-refractivity contribution is 5.73. The second-order valence-electron chi connectivity index (χ2n) is 6.16. The predicted molar refractivity (Wildman–Crippen MR) is 69.0 cm³/mol. The number of ether oxygens (including phenoxy) is 1. The second kappa shape index (κ2) is 6.24. The van der Waals surface area contributed by atoms with Gasteiger partial charge in [0.05, 0.1) is 0 Å². The summed E-state index contributed by atoms with van der Waals surface area (Å²) < 4.78 is 5.31. The van der Waals surface area contributed by atoms with Crippen molar-refractivity contribution < 1.29 is 9.53 Å². The van der Waals surface area contributed by atoms with Gasteiger partial charge in [0.2, 0.25) is 0 Å².